The minimum absolute atomic E-state index is 0.00792. The molecule has 2 aromatic rings. The first-order valence-corrected chi connectivity index (χ1v) is 13.6. The van der Waals surface area contributed by atoms with Crippen LogP contribution in [0.2, 0.25) is 5.04 Å². The predicted molar refractivity (Wildman–Crippen MR) is 140 cm³/mol. The lowest BCUT2D eigenvalue weighted by atomic mass is 9.98. The molecule has 0 aliphatic heterocycles. The zero-order valence-electron chi connectivity index (χ0n) is 20.7. The van der Waals surface area contributed by atoms with Gasteiger partial charge in [0.05, 0.1) is 6.61 Å². The van der Waals surface area contributed by atoms with Crippen LogP contribution in [0.3, 0.4) is 0 Å². The molecule has 3 heteroatoms. The van der Waals surface area contributed by atoms with Gasteiger partial charge < -0.3 is 9.22 Å². The first kappa shape index (κ1) is 26.0. The summed E-state index contributed by atoms with van der Waals surface area (Å²) in [6.07, 6.45) is 8.14. The number of hydrogen-bond acceptors (Lipinski definition) is 2. The topological polar surface area (TPSA) is 26.3 Å². The predicted octanol–water partition coefficient (Wildman–Crippen LogP) is 6.46. The quantitative estimate of drug-likeness (QED) is 0.224. The summed E-state index contributed by atoms with van der Waals surface area (Å²) in [4.78, 5) is 10.7. The van der Waals surface area contributed by atoms with Crippen molar-refractivity contribution in [2.45, 2.75) is 65.8 Å². The Morgan fingerprint density at radius 2 is 1.47 bits per heavy atom. The highest BCUT2D eigenvalue weighted by atomic mass is 28.4. The van der Waals surface area contributed by atoms with Gasteiger partial charge in [0.2, 0.25) is 0 Å². The Hall–Kier alpha value is -2.23. The summed E-state index contributed by atoms with van der Waals surface area (Å²) in [7, 11) is -2.48. The van der Waals surface area contributed by atoms with Crippen molar-refractivity contribution < 1.29 is 9.22 Å². The van der Waals surface area contributed by atoms with Crippen molar-refractivity contribution in [3.05, 3.63) is 84.0 Å². The fourth-order valence-electron chi connectivity index (χ4n) is 4.23. The summed E-state index contributed by atoms with van der Waals surface area (Å²) < 4.78 is 6.94. The molecule has 172 valence electrons. The number of allylic oxidation sites excluding steroid dienone is 3. The molecule has 0 spiro atoms. The molecule has 1 atom stereocenters. The Labute approximate surface area is 196 Å². The lowest BCUT2D eigenvalue weighted by Gasteiger charge is -2.42. The number of hydrogen-bond donors (Lipinski definition) is 0. The Balaban J connectivity index is 2.21. The molecule has 2 aromatic carbocycles. The highest BCUT2D eigenvalue weighted by Gasteiger charge is 2.49. The maximum Gasteiger partial charge on any atom is 0.261 e. The highest BCUT2D eigenvalue weighted by molar-refractivity contribution is 6.99. The highest BCUT2D eigenvalue weighted by Crippen LogP contribution is 2.36. The summed E-state index contributed by atoms with van der Waals surface area (Å²) in [6.45, 7) is 14.0. The van der Waals surface area contributed by atoms with Crippen molar-refractivity contribution in [3.63, 3.8) is 0 Å². The number of benzene rings is 2. The van der Waals surface area contributed by atoms with E-state index in [4.69, 9.17) is 4.43 Å². The Bertz CT molecular complexity index is 852. The summed E-state index contributed by atoms with van der Waals surface area (Å²) >= 11 is 0. The summed E-state index contributed by atoms with van der Waals surface area (Å²) in [6, 6.07) is 21.6. The second kappa shape index (κ2) is 12.1. The van der Waals surface area contributed by atoms with Gasteiger partial charge in [-0.05, 0) is 48.0 Å². The first-order chi connectivity index (χ1) is 15.2. The number of aldehydes is 1. The number of carbonyl (C=O) groups is 1. The first-order valence-electron chi connectivity index (χ1n) is 11.7. The maximum atomic E-state index is 10.7. The van der Waals surface area contributed by atoms with Gasteiger partial charge in [0, 0.05) is 6.42 Å². The van der Waals surface area contributed by atoms with Crippen molar-refractivity contribution in [2.24, 2.45) is 5.92 Å². The largest absolute Gasteiger partial charge is 0.404 e. The molecule has 0 aromatic heterocycles. The van der Waals surface area contributed by atoms with Crippen LogP contribution >= 0.6 is 0 Å². The lowest BCUT2D eigenvalue weighted by Crippen LogP contribution is -2.66. The van der Waals surface area contributed by atoms with E-state index in [0.717, 1.165) is 19.1 Å². The van der Waals surface area contributed by atoms with E-state index in [-0.39, 0.29) is 5.04 Å². The Morgan fingerprint density at radius 3 is 1.94 bits per heavy atom. The molecule has 1 unspecified atom stereocenters. The molecular formula is C29H40O2Si. The standard InChI is InChI=1S/C29H40O2Si/c1-24(14-13-15-25(2)26(3)20-22-30)21-23-31-32(29(4,5)6,27-16-9-7-10-17-27)28-18-11-8-12-19-28/h7-12,15-19,21-22,26H,13-14,20,23H2,1-6H3/b24-21+,25-15+. The third kappa shape index (κ3) is 6.63. The van der Waals surface area contributed by atoms with Crippen molar-refractivity contribution in [1.29, 1.82) is 0 Å². The minimum Gasteiger partial charge on any atom is -0.404 e. The van der Waals surface area contributed by atoms with E-state index in [1.165, 1.54) is 21.5 Å². The van der Waals surface area contributed by atoms with E-state index in [2.05, 4.69) is 114 Å². The molecule has 0 N–H and O–H groups in total. The van der Waals surface area contributed by atoms with Crippen LogP contribution in [-0.4, -0.2) is 21.2 Å². The molecular weight excluding hydrogens is 408 g/mol. The fraction of sp³-hybridized carbons (Fsp3) is 0.414. The molecule has 0 heterocycles. The van der Waals surface area contributed by atoms with Crippen molar-refractivity contribution in [1.82, 2.24) is 0 Å². The van der Waals surface area contributed by atoms with Crippen molar-refractivity contribution in [2.75, 3.05) is 6.61 Å². The van der Waals surface area contributed by atoms with Crippen molar-refractivity contribution in [3.8, 4) is 0 Å². The van der Waals surface area contributed by atoms with Crippen LogP contribution in [0, 0.1) is 5.92 Å². The van der Waals surface area contributed by atoms with Crippen molar-refractivity contribution >= 4 is 25.0 Å². The van der Waals surface area contributed by atoms with Gasteiger partial charge in [-0.25, -0.2) is 0 Å². The smallest absolute Gasteiger partial charge is 0.261 e. The average Bonchev–Trinajstić information content (AvgIpc) is 2.77. The van der Waals surface area contributed by atoms with E-state index in [0.29, 0.717) is 18.9 Å². The monoisotopic (exact) mass is 448 g/mol. The second-order valence-electron chi connectivity index (χ2n) is 9.81. The molecule has 0 amide bonds. The van der Waals surface area contributed by atoms with Gasteiger partial charge in [0.1, 0.15) is 6.29 Å². The van der Waals surface area contributed by atoms with Gasteiger partial charge >= 0.3 is 0 Å². The zero-order valence-corrected chi connectivity index (χ0v) is 21.7. The Morgan fingerprint density at radius 1 is 0.938 bits per heavy atom. The molecule has 0 aliphatic carbocycles. The van der Waals surface area contributed by atoms with Crippen LogP contribution in [0.25, 0.3) is 0 Å². The van der Waals surface area contributed by atoms with Gasteiger partial charge in [-0.1, -0.05) is 112 Å². The van der Waals surface area contributed by atoms with E-state index >= 15 is 0 Å². The van der Waals surface area contributed by atoms with Crippen LogP contribution < -0.4 is 10.4 Å². The van der Waals surface area contributed by atoms with E-state index in [1.54, 1.807) is 0 Å². The van der Waals surface area contributed by atoms with E-state index < -0.39 is 8.32 Å². The molecule has 2 rings (SSSR count). The maximum absolute atomic E-state index is 10.7. The van der Waals surface area contributed by atoms with E-state index in [1.807, 2.05) is 0 Å². The molecule has 0 saturated heterocycles. The SMILES string of the molecule is C/C(=C\CO[Si](c1ccccc1)(c1ccccc1)C(C)(C)C)CC/C=C(\C)C(C)CC=O. The van der Waals surface area contributed by atoms with E-state index in [9.17, 15) is 4.79 Å². The van der Waals surface area contributed by atoms with Gasteiger partial charge in [-0.3, -0.25) is 0 Å². The Kier molecular flexibility index (Phi) is 9.86. The molecule has 32 heavy (non-hydrogen) atoms. The molecule has 0 saturated carbocycles. The molecule has 2 nitrogen and oxygen atoms in total. The molecule has 0 bridgehead atoms. The van der Waals surface area contributed by atoms with Crippen LogP contribution in [0.5, 0.6) is 0 Å². The molecule has 0 fully saturated rings. The van der Waals surface area contributed by atoms with Crippen LogP contribution in [-0.2, 0) is 9.22 Å². The zero-order chi connectivity index (χ0) is 23.6. The fourth-order valence-corrected chi connectivity index (χ4v) is 8.72. The van der Waals surface area contributed by atoms with Crippen LogP contribution in [0.15, 0.2) is 84.0 Å². The average molecular weight is 449 g/mol. The third-order valence-corrected chi connectivity index (χ3v) is 11.4. The number of carbonyl (C=O) groups excluding carboxylic acids is 1. The summed E-state index contributed by atoms with van der Waals surface area (Å²) in [5.74, 6) is 0.329. The summed E-state index contributed by atoms with van der Waals surface area (Å²) in [5, 5.41) is 2.62. The van der Waals surface area contributed by atoms with Crippen LogP contribution in [0.1, 0.15) is 60.8 Å². The minimum atomic E-state index is -2.48. The normalized spacial score (nSPS) is 14.3. The van der Waals surface area contributed by atoms with Gasteiger partial charge in [-0.2, -0.15) is 0 Å². The third-order valence-electron chi connectivity index (χ3n) is 6.38. The van der Waals surface area contributed by atoms with Gasteiger partial charge in [-0.15, -0.1) is 0 Å². The molecule has 0 aliphatic rings. The second-order valence-corrected chi connectivity index (χ2v) is 14.1. The molecule has 0 radical (unpaired) electrons. The van der Waals surface area contributed by atoms with Crippen LogP contribution in [0.4, 0.5) is 0 Å². The van der Waals surface area contributed by atoms with Gasteiger partial charge in [0.25, 0.3) is 8.32 Å². The number of rotatable bonds is 11. The lowest BCUT2D eigenvalue weighted by molar-refractivity contribution is -0.108. The van der Waals surface area contributed by atoms with Gasteiger partial charge in [0.15, 0.2) is 0 Å². The summed E-state index contributed by atoms with van der Waals surface area (Å²) in [5.41, 5.74) is 2.64.